The van der Waals surface area contributed by atoms with E-state index in [9.17, 15) is 0 Å². The molecular formula is C37H52ClN5S. The van der Waals surface area contributed by atoms with Crippen molar-refractivity contribution in [3.05, 3.63) is 77.4 Å². The summed E-state index contributed by atoms with van der Waals surface area (Å²) < 4.78 is 0. The number of nitrogens with zero attached hydrogens (tertiary/aromatic N) is 4. The smallest absolute Gasteiger partial charge is 0.178 e. The summed E-state index contributed by atoms with van der Waals surface area (Å²) >= 11 is 12.5. The van der Waals surface area contributed by atoms with Crippen LogP contribution in [0.5, 0.6) is 0 Å². The number of para-hydroxylation sites is 1. The molecule has 2 heterocycles. The van der Waals surface area contributed by atoms with Crippen LogP contribution in [0.4, 0.5) is 17.1 Å². The van der Waals surface area contributed by atoms with Crippen molar-refractivity contribution in [3.63, 3.8) is 0 Å². The maximum Gasteiger partial charge on any atom is 0.178 e. The van der Waals surface area contributed by atoms with Gasteiger partial charge in [0.25, 0.3) is 0 Å². The average molecular weight is 634 g/mol. The highest BCUT2D eigenvalue weighted by atomic mass is 35.5. The van der Waals surface area contributed by atoms with Crippen LogP contribution in [0.1, 0.15) is 89.5 Å². The van der Waals surface area contributed by atoms with Crippen molar-refractivity contribution in [1.29, 1.82) is 0 Å². The highest BCUT2D eigenvalue weighted by Crippen LogP contribution is 2.41. The normalized spacial score (nSPS) is 15.4. The van der Waals surface area contributed by atoms with Gasteiger partial charge in [0.05, 0.1) is 17.1 Å². The van der Waals surface area contributed by atoms with Gasteiger partial charge in [-0.2, -0.15) is 0 Å². The van der Waals surface area contributed by atoms with Gasteiger partial charge >= 0.3 is 0 Å². The lowest BCUT2D eigenvalue weighted by molar-refractivity contribution is 0.216. The number of benzene rings is 2. The predicted molar refractivity (Wildman–Crippen MR) is 195 cm³/mol. The number of rotatable bonds is 15. The minimum absolute atomic E-state index is 0.677. The molecule has 0 bridgehead atoms. The van der Waals surface area contributed by atoms with Crippen LogP contribution in [0.3, 0.4) is 0 Å². The van der Waals surface area contributed by atoms with Gasteiger partial charge in [-0.25, -0.2) is 4.99 Å². The number of likely N-dealkylation sites (N-methyl/N-ethyl adjacent to an activating group) is 1. The number of anilines is 2. The van der Waals surface area contributed by atoms with Crippen molar-refractivity contribution in [2.45, 2.75) is 84.0 Å². The monoisotopic (exact) mass is 633 g/mol. The average Bonchev–Trinajstić information content (AvgIpc) is 3.17. The van der Waals surface area contributed by atoms with Gasteiger partial charge < -0.3 is 15.1 Å². The summed E-state index contributed by atoms with van der Waals surface area (Å²) in [5.74, 6) is 0.993. The van der Waals surface area contributed by atoms with Crippen LogP contribution in [0.2, 0.25) is 5.02 Å². The van der Waals surface area contributed by atoms with Crippen molar-refractivity contribution in [2.75, 3.05) is 44.7 Å². The number of hydrogen-bond acceptors (Lipinski definition) is 4. The van der Waals surface area contributed by atoms with Gasteiger partial charge in [-0.05, 0) is 88.1 Å². The molecule has 4 rings (SSSR count). The second-order valence-corrected chi connectivity index (χ2v) is 12.9. The van der Waals surface area contributed by atoms with Gasteiger partial charge in [-0.1, -0.05) is 93.5 Å². The summed E-state index contributed by atoms with van der Waals surface area (Å²) in [4.78, 5) is 12.1. The molecule has 0 amide bonds. The Labute approximate surface area is 277 Å². The molecule has 44 heavy (non-hydrogen) atoms. The lowest BCUT2D eigenvalue weighted by atomic mass is 10.1. The molecule has 0 radical (unpaired) electrons. The Morgan fingerprint density at radius 3 is 2.27 bits per heavy atom. The standard InChI is InChI=1S/C37H52ClN5S/c1-3-4-5-6-7-8-9-10-11-12-13-14-15-16-17-20-25-39-37(44)43-34-22-19-18-21-32(34)36(42-28-26-41(2)27-29-42)40-33-30-31(38)23-24-35(33)43/h7-8,10-11,18-19,21-24,30H,3-6,9,12-17,20,25-29H2,1-2H3,(H,39,44). The van der Waals surface area contributed by atoms with E-state index < -0.39 is 0 Å². The molecular weight excluding hydrogens is 582 g/mol. The number of halogens is 1. The number of fused-ring (bicyclic) bond motifs is 2. The summed E-state index contributed by atoms with van der Waals surface area (Å²) in [5.41, 5.74) is 3.96. The Morgan fingerprint density at radius 1 is 0.841 bits per heavy atom. The number of piperazine rings is 1. The molecule has 1 N–H and O–H groups in total. The number of thiocarbonyl (C=S) groups is 1. The second kappa shape index (κ2) is 19.0. The molecule has 5 nitrogen and oxygen atoms in total. The number of aliphatic imine (C=N–C) groups is 1. The molecule has 0 saturated carbocycles. The topological polar surface area (TPSA) is 34.1 Å². The van der Waals surface area contributed by atoms with E-state index in [1.807, 2.05) is 18.2 Å². The van der Waals surface area contributed by atoms with E-state index in [1.54, 1.807) is 0 Å². The molecule has 2 aliphatic heterocycles. The molecule has 0 atom stereocenters. The van der Waals surface area contributed by atoms with Crippen molar-refractivity contribution >= 4 is 51.8 Å². The zero-order valence-corrected chi connectivity index (χ0v) is 28.5. The zero-order valence-electron chi connectivity index (χ0n) is 26.9. The van der Waals surface area contributed by atoms with Crippen molar-refractivity contribution < 1.29 is 0 Å². The van der Waals surface area contributed by atoms with E-state index in [1.165, 1.54) is 64.2 Å². The third-order valence-corrected chi connectivity index (χ3v) is 9.01. The minimum atomic E-state index is 0.677. The molecule has 7 heteroatoms. The Bertz CT molecular complexity index is 1260. The van der Waals surface area contributed by atoms with Gasteiger partial charge in [0, 0.05) is 43.3 Å². The first-order valence-electron chi connectivity index (χ1n) is 16.9. The van der Waals surface area contributed by atoms with Crippen LogP contribution in [0.15, 0.2) is 71.8 Å². The van der Waals surface area contributed by atoms with Crippen molar-refractivity contribution in [1.82, 2.24) is 15.1 Å². The summed E-state index contributed by atoms with van der Waals surface area (Å²) in [6.45, 7) is 7.03. The molecule has 2 aromatic rings. The highest BCUT2D eigenvalue weighted by molar-refractivity contribution is 7.80. The SMILES string of the molecule is CCCCCC=CCC=CCCCCCCCCNC(=S)N1c2ccc(Cl)cc2N=C(N2CCN(C)CC2)c2ccccc21. The number of hydrogen-bond donors (Lipinski definition) is 1. The van der Waals surface area contributed by atoms with Crippen LogP contribution in [-0.4, -0.2) is 60.5 Å². The Hall–Kier alpha value is -2.67. The van der Waals surface area contributed by atoms with Crippen LogP contribution in [0.25, 0.3) is 0 Å². The zero-order chi connectivity index (χ0) is 31.0. The quantitative estimate of drug-likeness (QED) is 0.120. The summed E-state index contributed by atoms with van der Waals surface area (Å²) in [5, 5.41) is 4.95. The first-order valence-corrected chi connectivity index (χ1v) is 17.7. The number of nitrogens with one attached hydrogen (secondary N) is 1. The number of allylic oxidation sites excluding steroid dienone is 4. The lowest BCUT2D eigenvalue weighted by Crippen LogP contribution is -2.47. The minimum Gasteiger partial charge on any atom is -0.362 e. The highest BCUT2D eigenvalue weighted by Gasteiger charge is 2.29. The van der Waals surface area contributed by atoms with Gasteiger partial charge in [0.2, 0.25) is 0 Å². The molecule has 1 saturated heterocycles. The predicted octanol–water partition coefficient (Wildman–Crippen LogP) is 9.81. The van der Waals surface area contributed by atoms with Crippen LogP contribution in [0, 0.1) is 0 Å². The summed E-state index contributed by atoms with van der Waals surface area (Å²) in [6.07, 6.45) is 24.3. The molecule has 2 aliphatic rings. The third kappa shape index (κ3) is 10.5. The number of amidine groups is 1. The first-order chi connectivity index (χ1) is 21.6. The maximum absolute atomic E-state index is 6.47. The van der Waals surface area contributed by atoms with E-state index in [0.717, 1.165) is 74.0 Å². The molecule has 0 aromatic heterocycles. The van der Waals surface area contributed by atoms with Gasteiger partial charge in [-0.15, -0.1) is 0 Å². The molecule has 0 aliphatic carbocycles. The fourth-order valence-corrected chi connectivity index (χ4v) is 6.27. The maximum atomic E-state index is 6.47. The van der Waals surface area contributed by atoms with Crippen LogP contribution in [-0.2, 0) is 0 Å². The van der Waals surface area contributed by atoms with Gasteiger partial charge in [-0.3, -0.25) is 4.90 Å². The van der Waals surface area contributed by atoms with Crippen molar-refractivity contribution in [3.8, 4) is 0 Å². The third-order valence-electron chi connectivity index (χ3n) is 8.45. The van der Waals surface area contributed by atoms with E-state index >= 15 is 0 Å². The molecule has 2 aromatic carbocycles. The molecule has 0 spiro atoms. The van der Waals surface area contributed by atoms with Crippen LogP contribution < -0.4 is 10.2 Å². The summed E-state index contributed by atoms with van der Waals surface area (Å²) in [6, 6.07) is 14.4. The second-order valence-electron chi connectivity index (χ2n) is 12.0. The van der Waals surface area contributed by atoms with Gasteiger partial charge in [0.1, 0.15) is 5.84 Å². The van der Waals surface area contributed by atoms with E-state index in [2.05, 4.69) is 82.6 Å². The molecule has 0 unspecified atom stereocenters. The van der Waals surface area contributed by atoms with E-state index in [-0.39, 0.29) is 0 Å². The molecule has 238 valence electrons. The Morgan fingerprint density at radius 2 is 1.52 bits per heavy atom. The van der Waals surface area contributed by atoms with Crippen molar-refractivity contribution in [2.24, 2.45) is 4.99 Å². The van der Waals surface area contributed by atoms with E-state index in [4.69, 9.17) is 28.8 Å². The molecule has 1 fully saturated rings. The van der Waals surface area contributed by atoms with Crippen LogP contribution >= 0.6 is 23.8 Å². The fraction of sp³-hybridized carbons (Fsp3) is 0.514. The Balaban J connectivity index is 1.24. The van der Waals surface area contributed by atoms with E-state index in [0.29, 0.717) is 10.1 Å². The number of unbranched alkanes of at least 4 members (excludes halogenated alkanes) is 9. The summed E-state index contributed by atoms with van der Waals surface area (Å²) in [7, 11) is 2.18. The lowest BCUT2D eigenvalue weighted by Gasteiger charge is -2.35. The largest absolute Gasteiger partial charge is 0.362 e. The Kier molecular flexibility index (Phi) is 14.8. The first kappa shape index (κ1) is 34.2. The fourth-order valence-electron chi connectivity index (χ4n) is 5.80. The van der Waals surface area contributed by atoms with Gasteiger partial charge in [0.15, 0.2) is 5.11 Å².